The average Bonchev–Trinajstić information content (AvgIpc) is 3.00. The normalized spacial score (nSPS) is 12.1. The Labute approximate surface area is 144 Å². The van der Waals surface area contributed by atoms with Crippen molar-refractivity contribution in [2.75, 3.05) is 20.3 Å². The summed E-state index contributed by atoms with van der Waals surface area (Å²) in [5, 5.41) is 10.8. The summed E-state index contributed by atoms with van der Waals surface area (Å²) in [5.41, 5.74) is 0.894. The van der Waals surface area contributed by atoms with Gasteiger partial charge in [0.05, 0.1) is 5.25 Å². The molecule has 0 spiro atoms. The molecule has 0 bridgehead atoms. The van der Waals surface area contributed by atoms with Crippen LogP contribution in [-0.2, 0) is 9.53 Å². The summed E-state index contributed by atoms with van der Waals surface area (Å²) in [6, 6.07) is 7.32. The minimum Gasteiger partial charge on any atom is -0.385 e. The molecule has 0 radical (unpaired) electrons. The van der Waals surface area contributed by atoms with Crippen molar-refractivity contribution in [2.24, 2.45) is 0 Å². The quantitative estimate of drug-likeness (QED) is 0.563. The van der Waals surface area contributed by atoms with E-state index in [2.05, 4.69) is 20.5 Å². The van der Waals surface area contributed by atoms with E-state index in [4.69, 9.17) is 16.3 Å². The molecule has 2 N–H and O–H groups in total. The zero-order valence-electron chi connectivity index (χ0n) is 13.0. The molecule has 1 amide bonds. The van der Waals surface area contributed by atoms with Gasteiger partial charge in [-0.3, -0.25) is 9.89 Å². The first kappa shape index (κ1) is 17.8. The number of halogens is 1. The number of nitrogens with zero attached hydrogens (tertiary/aromatic N) is 2. The molecule has 1 aromatic heterocycles. The zero-order valence-corrected chi connectivity index (χ0v) is 14.6. The molecule has 0 aliphatic rings. The van der Waals surface area contributed by atoms with Gasteiger partial charge in [0.15, 0.2) is 5.82 Å². The number of thioether (sulfide) groups is 1. The average molecular weight is 355 g/mol. The molecule has 1 aromatic carbocycles. The Balaban J connectivity index is 1.88. The number of amides is 1. The topological polar surface area (TPSA) is 79.9 Å². The number of aromatic nitrogens is 3. The largest absolute Gasteiger partial charge is 0.385 e. The van der Waals surface area contributed by atoms with E-state index < -0.39 is 0 Å². The van der Waals surface area contributed by atoms with Gasteiger partial charge in [-0.25, -0.2) is 4.98 Å². The van der Waals surface area contributed by atoms with Crippen LogP contribution in [0.1, 0.15) is 13.3 Å². The predicted octanol–water partition coefficient (Wildman–Crippen LogP) is 2.76. The van der Waals surface area contributed by atoms with Gasteiger partial charge < -0.3 is 10.1 Å². The van der Waals surface area contributed by atoms with Crippen molar-refractivity contribution in [2.45, 2.75) is 23.8 Å². The van der Waals surface area contributed by atoms with Gasteiger partial charge in [0.1, 0.15) is 0 Å². The summed E-state index contributed by atoms with van der Waals surface area (Å²) in [4.78, 5) is 16.4. The monoisotopic (exact) mass is 354 g/mol. The number of aromatic amines is 1. The molecule has 1 unspecified atom stereocenters. The van der Waals surface area contributed by atoms with E-state index in [1.165, 1.54) is 11.8 Å². The van der Waals surface area contributed by atoms with Crippen LogP contribution in [0.25, 0.3) is 11.4 Å². The molecule has 0 aliphatic heterocycles. The number of rotatable bonds is 8. The Morgan fingerprint density at radius 1 is 1.43 bits per heavy atom. The third-order valence-corrected chi connectivity index (χ3v) is 4.27. The number of carbonyl (C=O) groups is 1. The molecule has 23 heavy (non-hydrogen) atoms. The van der Waals surface area contributed by atoms with Crippen molar-refractivity contribution < 1.29 is 9.53 Å². The van der Waals surface area contributed by atoms with E-state index in [-0.39, 0.29) is 11.2 Å². The number of hydrogen-bond donors (Lipinski definition) is 2. The van der Waals surface area contributed by atoms with Gasteiger partial charge in [0.2, 0.25) is 11.1 Å². The van der Waals surface area contributed by atoms with Gasteiger partial charge >= 0.3 is 0 Å². The Bertz CT molecular complexity index is 633. The second-order valence-corrected chi connectivity index (χ2v) is 6.62. The standard InChI is InChI=1S/C15H19ClN4O2S/c1-10(14(21)17-8-3-9-22-2)23-15-18-13(19-20-15)11-4-6-12(16)7-5-11/h4-7,10H,3,8-9H2,1-2H3,(H,17,21)(H,18,19,20). The molecule has 0 fully saturated rings. The lowest BCUT2D eigenvalue weighted by molar-refractivity contribution is -0.120. The minimum atomic E-state index is -0.272. The maximum Gasteiger partial charge on any atom is 0.233 e. The first-order chi connectivity index (χ1) is 11.1. The van der Waals surface area contributed by atoms with E-state index in [1.807, 2.05) is 19.1 Å². The van der Waals surface area contributed by atoms with Gasteiger partial charge in [-0.05, 0) is 37.6 Å². The molecular formula is C15H19ClN4O2S. The van der Waals surface area contributed by atoms with Crippen LogP contribution in [0.15, 0.2) is 29.4 Å². The van der Waals surface area contributed by atoms with Crippen molar-refractivity contribution >= 4 is 29.3 Å². The number of methoxy groups -OCH3 is 1. The van der Waals surface area contributed by atoms with E-state index in [9.17, 15) is 4.79 Å². The lowest BCUT2D eigenvalue weighted by Gasteiger charge is -2.09. The molecule has 6 nitrogen and oxygen atoms in total. The van der Waals surface area contributed by atoms with Crippen LogP contribution in [0.2, 0.25) is 5.02 Å². The Morgan fingerprint density at radius 2 is 2.17 bits per heavy atom. The lowest BCUT2D eigenvalue weighted by Crippen LogP contribution is -2.32. The number of benzene rings is 1. The highest BCUT2D eigenvalue weighted by Gasteiger charge is 2.17. The Hall–Kier alpha value is -1.57. The van der Waals surface area contributed by atoms with Crippen molar-refractivity contribution in [3.05, 3.63) is 29.3 Å². The highest BCUT2D eigenvalue weighted by molar-refractivity contribution is 8.00. The highest BCUT2D eigenvalue weighted by atomic mass is 35.5. The maximum absolute atomic E-state index is 12.0. The molecule has 0 aliphatic carbocycles. The van der Waals surface area contributed by atoms with Gasteiger partial charge in [0, 0.05) is 30.8 Å². The molecule has 0 saturated carbocycles. The van der Waals surface area contributed by atoms with Crippen molar-refractivity contribution in [1.82, 2.24) is 20.5 Å². The maximum atomic E-state index is 12.0. The van der Waals surface area contributed by atoms with E-state index in [1.54, 1.807) is 19.2 Å². The number of ether oxygens (including phenoxy) is 1. The Morgan fingerprint density at radius 3 is 2.87 bits per heavy atom. The SMILES string of the molecule is COCCCNC(=O)C(C)Sc1n[nH]c(-c2ccc(Cl)cc2)n1. The summed E-state index contributed by atoms with van der Waals surface area (Å²) in [7, 11) is 1.64. The summed E-state index contributed by atoms with van der Waals surface area (Å²) >= 11 is 7.18. The zero-order chi connectivity index (χ0) is 16.7. The van der Waals surface area contributed by atoms with E-state index in [0.29, 0.717) is 29.2 Å². The second-order valence-electron chi connectivity index (χ2n) is 4.87. The molecular weight excluding hydrogens is 336 g/mol. The van der Waals surface area contributed by atoms with Crippen LogP contribution in [0.5, 0.6) is 0 Å². The van der Waals surface area contributed by atoms with Crippen molar-refractivity contribution in [1.29, 1.82) is 0 Å². The molecule has 2 aromatic rings. The first-order valence-electron chi connectivity index (χ1n) is 7.22. The number of carbonyl (C=O) groups excluding carboxylic acids is 1. The molecule has 0 saturated heterocycles. The lowest BCUT2D eigenvalue weighted by atomic mass is 10.2. The molecule has 8 heteroatoms. The summed E-state index contributed by atoms with van der Waals surface area (Å²) in [6.07, 6.45) is 0.793. The molecule has 2 rings (SSSR count). The van der Waals surface area contributed by atoms with Crippen LogP contribution in [0, 0.1) is 0 Å². The van der Waals surface area contributed by atoms with Crippen LogP contribution in [0.3, 0.4) is 0 Å². The number of H-pyrrole nitrogens is 1. The van der Waals surface area contributed by atoms with Crippen LogP contribution in [-0.4, -0.2) is 46.6 Å². The number of nitrogens with one attached hydrogen (secondary N) is 2. The van der Waals surface area contributed by atoms with Gasteiger partial charge in [-0.15, -0.1) is 5.10 Å². The molecule has 124 valence electrons. The fourth-order valence-electron chi connectivity index (χ4n) is 1.82. The summed E-state index contributed by atoms with van der Waals surface area (Å²) < 4.78 is 4.94. The van der Waals surface area contributed by atoms with E-state index >= 15 is 0 Å². The van der Waals surface area contributed by atoms with Crippen LogP contribution < -0.4 is 5.32 Å². The Kier molecular flexibility index (Phi) is 6.88. The summed E-state index contributed by atoms with van der Waals surface area (Å²) in [5.74, 6) is 0.612. The van der Waals surface area contributed by atoms with Gasteiger partial charge in [-0.1, -0.05) is 23.4 Å². The smallest absolute Gasteiger partial charge is 0.233 e. The molecule has 1 heterocycles. The fraction of sp³-hybridized carbons (Fsp3) is 0.400. The minimum absolute atomic E-state index is 0.0380. The fourth-order valence-corrected chi connectivity index (χ4v) is 2.69. The second kappa shape index (κ2) is 8.90. The van der Waals surface area contributed by atoms with Crippen LogP contribution >= 0.6 is 23.4 Å². The van der Waals surface area contributed by atoms with Crippen molar-refractivity contribution in [3.63, 3.8) is 0 Å². The first-order valence-corrected chi connectivity index (χ1v) is 8.47. The van der Waals surface area contributed by atoms with Gasteiger partial charge in [-0.2, -0.15) is 0 Å². The summed E-state index contributed by atoms with van der Waals surface area (Å²) in [6.45, 7) is 3.06. The third-order valence-electron chi connectivity index (χ3n) is 3.06. The van der Waals surface area contributed by atoms with Gasteiger partial charge in [0.25, 0.3) is 0 Å². The number of hydrogen-bond acceptors (Lipinski definition) is 5. The van der Waals surface area contributed by atoms with Crippen molar-refractivity contribution in [3.8, 4) is 11.4 Å². The highest BCUT2D eigenvalue weighted by Crippen LogP contribution is 2.23. The molecule has 1 atom stereocenters. The van der Waals surface area contributed by atoms with E-state index in [0.717, 1.165) is 12.0 Å². The third kappa shape index (κ3) is 5.53. The predicted molar refractivity (Wildman–Crippen MR) is 91.7 cm³/mol. The van der Waals surface area contributed by atoms with Crippen LogP contribution in [0.4, 0.5) is 0 Å².